The van der Waals surface area contributed by atoms with Gasteiger partial charge in [0, 0.05) is 6.54 Å². The number of nitrogens with one attached hydrogen (secondary N) is 1. The van der Waals surface area contributed by atoms with Gasteiger partial charge in [-0.1, -0.05) is 60.7 Å². The van der Waals surface area contributed by atoms with Gasteiger partial charge in [-0.05, 0) is 47.9 Å². The molecule has 0 aliphatic rings. The van der Waals surface area contributed by atoms with Crippen molar-refractivity contribution in [3.63, 3.8) is 0 Å². The summed E-state index contributed by atoms with van der Waals surface area (Å²) in [6.07, 6.45) is -3.77. The van der Waals surface area contributed by atoms with Crippen molar-refractivity contribution in [2.45, 2.75) is 25.7 Å². The first-order valence-corrected chi connectivity index (χ1v) is 9.13. The maximum absolute atomic E-state index is 12.8. The number of rotatable bonds is 8. The van der Waals surface area contributed by atoms with Gasteiger partial charge >= 0.3 is 6.18 Å². The van der Waals surface area contributed by atoms with E-state index in [1.54, 1.807) is 6.07 Å². The summed E-state index contributed by atoms with van der Waals surface area (Å²) < 4.78 is 44.1. The summed E-state index contributed by atoms with van der Waals surface area (Å²) in [6, 6.07) is 23.2. The first kappa shape index (κ1) is 20.0. The quantitative estimate of drug-likeness (QED) is 0.509. The first-order valence-electron chi connectivity index (χ1n) is 9.13. The zero-order chi connectivity index (χ0) is 19.8. The molecule has 5 heteroatoms. The van der Waals surface area contributed by atoms with Gasteiger partial charge in [0.2, 0.25) is 0 Å². The van der Waals surface area contributed by atoms with Gasteiger partial charge in [0.1, 0.15) is 12.4 Å². The molecule has 0 spiro atoms. The van der Waals surface area contributed by atoms with E-state index in [1.807, 2.05) is 54.6 Å². The monoisotopic (exact) mass is 385 g/mol. The lowest BCUT2D eigenvalue weighted by molar-refractivity contribution is -0.137. The molecular formula is C23H22F3NO. The molecule has 0 fully saturated rings. The van der Waals surface area contributed by atoms with Crippen LogP contribution in [0.3, 0.4) is 0 Å². The molecule has 3 aromatic rings. The van der Waals surface area contributed by atoms with Crippen molar-refractivity contribution >= 4 is 0 Å². The van der Waals surface area contributed by atoms with Crippen molar-refractivity contribution in [3.05, 3.63) is 101 Å². The third kappa shape index (κ3) is 6.13. The minimum atomic E-state index is -4.30. The van der Waals surface area contributed by atoms with Gasteiger partial charge in [0.15, 0.2) is 0 Å². The van der Waals surface area contributed by atoms with Gasteiger partial charge in [0.05, 0.1) is 5.56 Å². The molecule has 0 heterocycles. The van der Waals surface area contributed by atoms with E-state index < -0.39 is 11.7 Å². The fraction of sp³-hybridized carbons (Fsp3) is 0.217. The Balaban J connectivity index is 1.46. The average molecular weight is 385 g/mol. The van der Waals surface area contributed by atoms with E-state index in [0.29, 0.717) is 31.7 Å². The number of benzene rings is 3. The van der Waals surface area contributed by atoms with Gasteiger partial charge in [0.25, 0.3) is 0 Å². The van der Waals surface area contributed by atoms with Gasteiger partial charge in [-0.25, -0.2) is 0 Å². The Morgan fingerprint density at radius 3 is 2.25 bits per heavy atom. The molecule has 0 saturated carbocycles. The van der Waals surface area contributed by atoms with Crippen LogP contribution in [0.15, 0.2) is 78.9 Å². The van der Waals surface area contributed by atoms with E-state index in [4.69, 9.17) is 4.74 Å². The number of hydrogen-bond acceptors (Lipinski definition) is 2. The van der Waals surface area contributed by atoms with E-state index in [2.05, 4.69) is 5.32 Å². The second kappa shape index (κ2) is 9.42. The zero-order valence-electron chi connectivity index (χ0n) is 15.4. The van der Waals surface area contributed by atoms with Crippen LogP contribution in [0, 0.1) is 0 Å². The summed E-state index contributed by atoms with van der Waals surface area (Å²) in [4.78, 5) is 0. The highest BCUT2D eigenvalue weighted by molar-refractivity contribution is 5.29. The van der Waals surface area contributed by atoms with Gasteiger partial charge < -0.3 is 10.1 Å². The first-order chi connectivity index (χ1) is 13.5. The molecule has 2 nitrogen and oxygen atoms in total. The second-order valence-corrected chi connectivity index (χ2v) is 6.55. The van der Waals surface area contributed by atoms with Crippen LogP contribution >= 0.6 is 0 Å². The van der Waals surface area contributed by atoms with Crippen molar-refractivity contribution in [2.24, 2.45) is 0 Å². The molecule has 0 aliphatic heterocycles. The topological polar surface area (TPSA) is 21.3 Å². The predicted octanol–water partition coefficient (Wildman–Crippen LogP) is 5.62. The van der Waals surface area contributed by atoms with Crippen molar-refractivity contribution < 1.29 is 17.9 Å². The Bertz CT molecular complexity index is 878. The van der Waals surface area contributed by atoms with Gasteiger partial charge in [-0.3, -0.25) is 0 Å². The third-order valence-electron chi connectivity index (χ3n) is 4.32. The molecule has 0 saturated heterocycles. The SMILES string of the molecule is FC(F)(F)c1cccc(CCNCc2cccc(OCc3ccccc3)c2)c1. The molecule has 3 aromatic carbocycles. The number of halogens is 3. The van der Waals surface area contributed by atoms with Crippen LogP contribution in [-0.4, -0.2) is 6.54 Å². The van der Waals surface area contributed by atoms with Crippen molar-refractivity contribution in [1.29, 1.82) is 0 Å². The van der Waals surface area contributed by atoms with Gasteiger partial charge in [-0.2, -0.15) is 13.2 Å². The van der Waals surface area contributed by atoms with Crippen LogP contribution < -0.4 is 10.1 Å². The predicted molar refractivity (Wildman–Crippen MR) is 104 cm³/mol. The molecule has 0 bridgehead atoms. The summed E-state index contributed by atoms with van der Waals surface area (Å²) >= 11 is 0. The Kier molecular flexibility index (Phi) is 6.71. The number of ether oxygens (including phenoxy) is 1. The standard InChI is InChI=1S/C23H22F3NO/c24-23(25,26)21-10-4-8-18(14-21)12-13-27-16-20-9-5-11-22(15-20)28-17-19-6-2-1-3-7-19/h1-11,14-15,27H,12-13,16-17H2. The normalized spacial score (nSPS) is 11.4. The Morgan fingerprint density at radius 1 is 0.750 bits per heavy atom. The van der Waals surface area contributed by atoms with Crippen molar-refractivity contribution in [3.8, 4) is 5.75 Å². The van der Waals surface area contributed by atoms with Gasteiger partial charge in [-0.15, -0.1) is 0 Å². The van der Waals surface area contributed by atoms with Crippen LogP contribution in [-0.2, 0) is 25.7 Å². The fourth-order valence-corrected chi connectivity index (χ4v) is 2.85. The molecule has 0 atom stereocenters. The van der Waals surface area contributed by atoms with Crippen molar-refractivity contribution in [1.82, 2.24) is 5.32 Å². The molecule has 0 aromatic heterocycles. The number of alkyl halides is 3. The van der Waals surface area contributed by atoms with E-state index in [-0.39, 0.29) is 0 Å². The smallest absolute Gasteiger partial charge is 0.416 e. The summed E-state index contributed by atoms with van der Waals surface area (Å²) in [5.41, 5.74) is 2.23. The van der Waals surface area contributed by atoms with E-state index in [0.717, 1.165) is 22.9 Å². The zero-order valence-corrected chi connectivity index (χ0v) is 15.4. The second-order valence-electron chi connectivity index (χ2n) is 6.55. The Labute approximate surface area is 163 Å². The average Bonchev–Trinajstić information content (AvgIpc) is 2.70. The minimum absolute atomic E-state index is 0.507. The highest BCUT2D eigenvalue weighted by Crippen LogP contribution is 2.29. The molecule has 1 N–H and O–H groups in total. The highest BCUT2D eigenvalue weighted by atomic mass is 19.4. The van der Waals surface area contributed by atoms with E-state index in [1.165, 1.54) is 12.1 Å². The highest BCUT2D eigenvalue weighted by Gasteiger charge is 2.30. The maximum Gasteiger partial charge on any atom is 0.416 e. The lowest BCUT2D eigenvalue weighted by atomic mass is 10.1. The number of hydrogen-bond donors (Lipinski definition) is 1. The third-order valence-corrected chi connectivity index (χ3v) is 4.32. The summed E-state index contributed by atoms with van der Waals surface area (Å²) in [5.74, 6) is 0.793. The molecule has 3 rings (SSSR count). The molecule has 28 heavy (non-hydrogen) atoms. The molecular weight excluding hydrogens is 363 g/mol. The summed E-state index contributed by atoms with van der Waals surface area (Å²) in [6.45, 7) is 1.73. The maximum atomic E-state index is 12.8. The Hall–Kier alpha value is -2.79. The van der Waals surface area contributed by atoms with Crippen LogP contribution in [0.25, 0.3) is 0 Å². The lowest BCUT2D eigenvalue weighted by Gasteiger charge is -2.10. The largest absolute Gasteiger partial charge is 0.489 e. The Morgan fingerprint density at radius 2 is 1.46 bits per heavy atom. The molecule has 0 aliphatic carbocycles. The molecule has 0 unspecified atom stereocenters. The lowest BCUT2D eigenvalue weighted by Crippen LogP contribution is -2.17. The summed E-state index contributed by atoms with van der Waals surface area (Å²) in [5, 5.41) is 3.27. The summed E-state index contributed by atoms with van der Waals surface area (Å²) in [7, 11) is 0. The van der Waals surface area contributed by atoms with E-state index in [9.17, 15) is 13.2 Å². The van der Waals surface area contributed by atoms with Crippen LogP contribution in [0.2, 0.25) is 0 Å². The van der Waals surface area contributed by atoms with Crippen LogP contribution in [0.5, 0.6) is 5.75 Å². The molecule has 146 valence electrons. The van der Waals surface area contributed by atoms with E-state index >= 15 is 0 Å². The fourth-order valence-electron chi connectivity index (χ4n) is 2.85. The van der Waals surface area contributed by atoms with Crippen LogP contribution in [0.1, 0.15) is 22.3 Å². The molecule has 0 radical (unpaired) electrons. The van der Waals surface area contributed by atoms with Crippen LogP contribution in [0.4, 0.5) is 13.2 Å². The van der Waals surface area contributed by atoms with Crippen molar-refractivity contribution in [2.75, 3.05) is 6.54 Å². The molecule has 0 amide bonds. The minimum Gasteiger partial charge on any atom is -0.489 e.